The van der Waals surface area contributed by atoms with Gasteiger partial charge in [0.2, 0.25) is 0 Å². The third kappa shape index (κ3) is 6.13. The fourth-order valence-corrected chi connectivity index (χ4v) is 2.75. The standard InChI is InChI=1S/C14H26F3NO/c1-12(2)5-7-13(10-18,8-6-12)4-3-9-19-11-14(15,16)17/h3-11,18H2,1-2H3. The Hall–Kier alpha value is -0.290. The summed E-state index contributed by atoms with van der Waals surface area (Å²) in [4.78, 5) is 0. The van der Waals surface area contributed by atoms with Crippen LogP contribution in [-0.2, 0) is 4.74 Å². The van der Waals surface area contributed by atoms with Gasteiger partial charge in [-0.05, 0) is 55.9 Å². The molecule has 0 amide bonds. The first kappa shape index (κ1) is 16.8. The molecule has 0 aromatic carbocycles. The van der Waals surface area contributed by atoms with Gasteiger partial charge in [-0.1, -0.05) is 13.8 Å². The third-order valence-electron chi connectivity index (χ3n) is 4.36. The lowest BCUT2D eigenvalue weighted by Gasteiger charge is -2.43. The van der Waals surface area contributed by atoms with Gasteiger partial charge in [0.05, 0.1) is 0 Å². The van der Waals surface area contributed by atoms with E-state index < -0.39 is 12.8 Å². The van der Waals surface area contributed by atoms with E-state index >= 15 is 0 Å². The van der Waals surface area contributed by atoms with Crippen molar-refractivity contribution in [2.75, 3.05) is 19.8 Å². The van der Waals surface area contributed by atoms with Crippen molar-refractivity contribution in [3.8, 4) is 0 Å². The zero-order valence-corrected chi connectivity index (χ0v) is 12.0. The van der Waals surface area contributed by atoms with Crippen molar-refractivity contribution < 1.29 is 17.9 Å². The summed E-state index contributed by atoms with van der Waals surface area (Å²) in [7, 11) is 0. The number of nitrogens with two attached hydrogens (primary N) is 1. The maximum Gasteiger partial charge on any atom is 0.411 e. The van der Waals surface area contributed by atoms with Crippen LogP contribution in [0.5, 0.6) is 0 Å². The second kappa shape index (κ2) is 6.44. The number of alkyl halides is 3. The van der Waals surface area contributed by atoms with Crippen molar-refractivity contribution in [3.05, 3.63) is 0 Å². The molecule has 2 N–H and O–H groups in total. The van der Waals surface area contributed by atoms with Gasteiger partial charge in [-0.3, -0.25) is 0 Å². The molecule has 1 aliphatic carbocycles. The molecular weight excluding hydrogens is 255 g/mol. The highest BCUT2D eigenvalue weighted by Crippen LogP contribution is 2.46. The highest BCUT2D eigenvalue weighted by atomic mass is 19.4. The Balaban J connectivity index is 2.26. The molecule has 0 bridgehead atoms. The van der Waals surface area contributed by atoms with E-state index in [4.69, 9.17) is 5.73 Å². The van der Waals surface area contributed by atoms with Gasteiger partial charge in [-0.15, -0.1) is 0 Å². The van der Waals surface area contributed by atoms with Gasteiger partial charge in [-0.25, -0.2) is 0 Å². The minimum atomic E-state index is -4.22. The molecule has 5 heteroatoms. The SMILES string of the molecule is CC1(C)CCC(CN)(CCCOCC(F)(F)F)CC1. The predicted octanol–water partition coefficient (Wildman–Crippen LogP) is 3.89. The summed E-state index contributed by atoms with van der Waals surface area (Å²) in [6.07, 6.45) is 1.76. The van der Waals surface area contributed by atoms with Crippen molar-refractivity contribution in [1.82, 2.24) is 0 Å². The first-order valence-corrected chi connectivity index (χ1v) is 7.03. The Morgan fingerprint density at radius 3 is 2.16 bits per heavy atom. The fourth-order valence-electron chi connectivity index (χ4n) is 2.75. The van der Waals surface area contributed by atoms with Gasteiger partial charge < -0.3 is 10.5 Å². The Bertz CT molecular complexity index is 266. The lowest BCUT2D eigenvalue weighted by molar-refractivity contribution is -0.174. The number of ether oxygens (including phenoxy) is 1. The van der Waals surface area contributed by atoms with E-state index in [1.807, 2.05) is 0 Å². The lowest BCUT2D eigenvalue weighted by Crippen LogP contribution is -2.37. The maximum atomic E-state index is 11.9. The van der Waals surface area contributed by atoms with Gasteiger partial charge in [0.15, 0.2) is 0 Å². The average molecular weight is 281 g/mol. The largest absolute Gasteiger partial charge is 0.411 e. The molecule has 0 aromatic heterocycles. The quantitative estimate of drug-likeness (QED) is 0.750. The van der Waals surface area contributed by atoms with Crippen LogP contribution in [0.1, 0.15) is 52.4 Å². The van der Waals surface area contributed by atoms with Crippen LogP contribution in [0.25, 0.3) is 0 Å². The Labute approximate surface area is 113 Å². The smallest absolute Gasteiger partial charge is 0.372 e. The van der Waals surface area contributed by atoms with Gasteiger partial charge in [0, 0.05) is 6.61 Å². The minimum Gasteiger partial charge on any atom is -0.372 e. The van der Waals surface area contributed by atoms with Crippen LogP contribution in [0.15, 0.2) is 0 Å². The lowest BCUT2D eigenvalue weighted by atomic mass is 9.63. The number of rotatable bonds is 6. The van der Waals surface area contributed by atoms with Crippen LogP contribution in [0, 0.1) is 10.8 Å². The molecule has 19 heavy (non-hydrogen) atoms. The van der Waals surface area contributed by atoms with E-state index in [9.17, 15) is 13.2 Å². The third-order valence-corrected chi connectivity index (χ3v) is 4.36. The van der Waals surface area contributed by atoms with E-state index in [0.29, 0.717) is 18.4 Å². The molecular formula is C14H26F3NO. The topological polar surface area (TPSA) is 35.2 Å². The monoisotopic (exact) mass is 281 g/mol. The summed E-state index contributed by atoms with van der Waals surface area (Å²) in [5.74, 6) is 0. The van der Waals surface area contributed by atoms with Crippen LogP contribution in [0.2, 0.25) is 0 Å². The Morgan fingerprint density at radius 1 is 1.11 bits per heavy atom. The summed E-state index contributed by atoms with van der Waals surface area (Å²) < 4.78 is 40.4. The molecule has 0 spiro atoms. The molecule has 0 aromatic rings. The van der Waals surface area contributed by atoms with E-state index in [0.717, 1.165) is 32.1 Å². The first-order valence-electron chi connectivity index (χ1n) is 7.03. The van der Waals surface area contributed by atoms with Gasteiger partial charge in [0.1, 0.15) is 6.61 Å². The van der Waals surface area contributed by atoms with Crippen molar-refractivity contribution in [2.24, 2.45) is 16.6 Å². The van der Waals surface area contributed by atoms with Gasteiger partial charge >= 0.3 is 6.18 Å². The second-order valence-electron chi connectivity index (χ2n) is 6.64. The normalized spacial score (nSPS) is 22.4. The molecule has 1 rings (SSSR count). The second-order valence-corrected chi connectivity index (χ2v) is 6.64. The molecule has 114 valence electrons. The zero-order valence-electron chi connectivity index (χ0n) is 12.0. The van der Waals surface area contributed by atoms with Crippen molar-refractivity contribution >= 4 is 0 Å². The maximum absolute atomic E-state index is 11.9. The van der Waals surface area contributed by atoms with E-state index in [1.54, 1.807) is 0 Å². The molecule has 1 aliphatic rings. The first-order chi connectivity index (χ1) is 8.68. The summed E-state index contributed by atoms with van der Waals surface area (Å²) in [5.41, 5.74) is 6.39. The van der Waals surface area contributed by atoms with Crippen molar-refractivity contribution in [3.63, 3.8) is 0 Å². The molecule has 2 nitrogen and oxygen atoms in total. The van der Waals surface area contributed by atoms with Crippen LogP contribution in [-0.4, -0.2) is 25.9 Å². The highest BCUT2D eigenvalue weighted by molar-refractivity contribution is 4.89. The van der Waals surface area contributed by atoms with E-state index in [2.05, 4.69) is 18.6 Å². The van der Waals surface area contributed by atoms with E-state index in [-0.39, 0.29) is 12.0 Å². The minimum absolute atomic E-state index is 0.122. The van der Waals surface area contributed by atoms with Gasteiger partial charge in [0.25, 0.3) is 0 Å². The molecule has 0 saturated heterocycles. The summed E-state index contributed by atoms with van der Waals surface area (Å²) in [6.45, 7) is 4.18. The summed E-state index contributed by atoms with van der Waals surface area (Å²) >= 11 is 0. The van der Waals surface area contributed by atoms with Crippen molar-refractivity contribution in [2.45, 2.75) is 58.5 Å². The molecule has 0 heterocycles. The molecule has 1 saturated carbocycles. The Morgan fingerprint density at radius 2 is 1.68 bits per heavy atom. The average Bonchev–Trinajstić information content (AvgIpc) is 2.30. The molecule has 1 fully saturated rings. The van der Waals surface area contributed by atoms with Crippen molar-refractivity contribution in [1.29, 1.82) is 0 Å². The van der Waals surface area contributed by atoms with Gasteiger partial charge in [-0.2, -0.15) is 13.2 Å². The molecule has 0 radical (unpaired) electrons. The van der Waals surface area contributed by atoms with Crippen LogP contribution in [0.3, 0.4) is 0 Å². The van der Waals surface area contributed by atoms with Crippen LogP contribution >= 0.6 is 0 Å². The molecule has 0 atom stereocenters. The number of hydrogen-bond acceptors (Lipinski definition) is 2. The highest BCUT2D eigenvalue weighted by Gasteiger charge is 2.36. The summed E-state index contributed by atoms with van der Waals surface area (Å²) in [6, 6.07) is 0. The number of halogens is 3. The Kier molecular flexibility index (Phi) is 5.68. The zero-order chi connectivity index (χ0) is 14.6. The van der Waals surface area contributed by atoms with Crippen LogP contribution in [0.4, 0.5) is 13.2 Å². The predicted molar refractivity (Wildman–Crippen MR) is 69.8 cm³/mol. The van der Waals surface area contributed by atoms with E-state index in [1.165, 1.54) is 0 Å². The molecule has 0 unspecified atom stereocenters. The summed E-state index contributed by atoms with van der Waals surface area (Å²) in [5, 5.41) is 0. The van der Waals surface area contributed by atoms with Crippen LogP contribution < -0.4 is 5.73 Å². The fraction of sp³-hybridized carbons (Fsp3) is 1.00. The molecule has 0 aliphatic heterocycles. The number of hydrogen-bond donors (Lipinski definition) is 1.